The number of nitrogens with zero attached hydrogens (tertiary/aromatic N) is 1. The molecular weight excluding hydrogens is 202 g/mol. The fraction of sp³-hybridized carbons (Fsp3) is 0.538. The van der Waals surface area contributed by atoms with Crippen molar-refractivity contribution in [3.63, 3.8) is 0 Å². The summed E-state index contributed by atoms with van der Waals surface area (Å²) >= 11 is 0. The maximum absolute atomic E-state index is 11.1. The summed E-state index contributed by atoms with van der Waals surface area (Å²) < 4.78 is 0. The Morgan fingerprint density at radius 3 is 2.50 bits per heavy atom. The van der Waals surface area contributed by atoms with Crippen molar-refractivity contribution >= 4 is 5.97 Å². The third-order valence-electron chi connectivity index (χ3n) is 2.73. The second-order valence-corrected chi connectivity index (χ2v) is 4.02. The number of aromatic nitrogens is 1. The Morgan fingerprint density at radius 2 is 2.00 bits per heavy atom. The average Bonchev–Trinajstić information content (AvgIpc) is 2.29. The maximum Gasteiger partial charge on any atom is 0.337 e. The molecule has 0 fully saturated rings. The lowest BCUT2D eigenvalue weighted by molar-refractivity contribution is 0.0694. The first kappa shape index (κ1) is 12.7. The fourth-order valence-corrected chi connectivity index (χ4v) is 2.04. The zero-order valence-electron chi connectivity index (χ0n) is 9.94. The van der Waals surface area contributed by atoms with Crippen LogP contribution in [0.25, 0.3) is 0 Å². The van der Waals surface area contributed by atoms with E-state index in [1.165, 1.54) is 0 Å². The topological polar surface area (TPSA) is 50.2 Å². The van der Waals surface area contributed by atoms with E-state index >= 15 is 0 Å². The summed E-state index contributed by atoms with van der Waals surface area (Å²) in [6, 6.07) is 3.32. The van der Waals surface area contributed by atoms with Crippen molar-refractivity contribution in [3.8, 4) is 0 Å². The van der Waals surface area contributed by atoms with Gasteiger partial charge in [-0.05, 0) is 25.0 Å². The van der Waals surface area contributed by atoms with Crippen LogP contribution >= 0.6 is 0 Å². The minimum Gasteiger partial charge on any atom is -0.478 e. The Balaban J connectivity index is 3.02. The Morgan fingerprint density at radius 1 is 1.38 bits per heavy atom. The summed E-state index contributed by atoms with van der Waals surface area (Å²) in [5, 5.41) is 9.11. The largest absolute Gasteiger partial charge is 0.478 e. The smallest absolute Gasteiger partial charge is 0.337 e. The van der Waals surface area contributed by atoms with Crippen LogP contribution in [-0.4, -0.2) is 16.1 Å². The highest BCUT2D eigenvalue weighted by molar-refractivity contribution is 5.88. The highest BCUT2D eigenvalue weighted by atomic mass is 16.4. The third kappa shape index (κ3) is 3.05. The van der Waals surface area contributed by atoms with E-state index in [1.54, 1.807) is 18.3 Å². The summed E-state index contributed by atoms with van der Waals surface area (Å²) in [6.45, 7) is 4.23. The molecular formula is C13H19NO2. The van der Waals surface area contributed by atoms with Crippen LogP contribution in [0.3, 0.4) is 0 Å². The molecule has 0 radical (unpaired) electrons. The molecule has 0 atom stereocenters. The summed E-state index contributed by atoms with van der Waals surface area (Å²) in [7, 11) is 0. The van der Waals surface area contributed by atoms with Crippen LogP contribution in [0.5, 0.6) is 0 Å². The van der Waals surface area contributed by atoms with E-state index in [4.69, 9.17) is 5.11 Å². The number of aromatic carboxylic acids is 1. The molecule has 0 spiro atoms. The summed E-state index contributed by atoms with van der Waals surface area (Å²) in [4.78, 5) is 15.4. The first-order chi connectivity index (χ1) is 7.70. The van der Waals surface area contributed by atoms with Gasteiger partial charge in [0.25, 0.3) is 0 Å². The van der Waals surface area contributed by atoms with Gasteiger partial charge in [-0.3, -0.25) is 4.98 Å². The van der Waals surface area contributed by atoms with Gasteiger partial charge in [0.1, 0.15) is 0 Å². The Kier molecular flexibility index (Phi) is 4.96. The monoisotopic (exact) mass is 221 g/mol. The number of carbonyl (C=O) groups is 1. The summed E-state index contributed by atoms with van der Waals surface area (Å²) in [5.74, 6) is -0.595. The molecule has 1 N–H and O–H groups in total. The molecule has 0 aliphatic rings. The molecule has 1 heterocycles. The van der Waals surface area contributed by atoms with Gasteiger partial charge in [0.05, 0.1) is 11.3 Å². The molecule has 0 saturated heterocycles. The predicted molar refractivity (Wildman–Crippen MR) is 63.8 cm³/mol. The van der Waals surface area contributed by atoms with Gasteiger partial charge in [-0.1, -0.05) is 26.7 Å². The van der Waals surface area contributed by atoms with Crippen LogP contribution in [0, 0.1) is 0 Å². The van der Waals surface area contributed by atoms with Crippen molar-refractivity contribution in [2.75, 3.05) is 0 Å². The van der Waals surface area contributed by atoms with Crippen molar-refractivity contribution in [2.45, 2.75) is 45.4 Å². The lowest BCUT2D eigenvalue weighted by atomic mass is 9.91. The minimum atomic E-state index is -0.875. The van der Waals surface area contributed by atoms with Gasteiger partial charge >= 0.3 is 5.97 Å². The number of hydrogen-bond donors (Lipinski definition) is 1. The first-order valence-corrected chi connectivity index (χ1v) is 5.88. The zero-order chi connectivity index (χ0) is 12.0. The number of carboxylic acid groups (broad SMARTS) is 1. The summed E-state index contributed by atoms with van der Waals surface area (Å²) in [6.07, 6.45) is 5.80. The van der Waals surface area contributed by atoms with Gasteiger partial charge < -0.3 is 5.11 Å². The second-order valence-electron chi connectivity index (χ2n) is 4.02. The number of carboxylic acids is 1. The van der Waals surface area contributed by atoms with E-state index in [2.05, 4.69) is 18.8 Å². The quantitative estimate of drug-likeness (QED) is 0.800. The van der Waals surface area contributed by atoms with Crippen molar-refractivity contribution in [1.29, 1.82) is 0 Å². The molecule has 3 heteroatoms. The zero-order valence-corrected chi connectivity index (χ0v) is 9.94. The molecule has 3 nitrogen and oxygen atoms in total. The molecule has 0 unspecified atom stereocenters. The van der Waals surface area contributed by atoms with Gasteiger partial charge in [-0.15, -0.1) is 0 Å². The van der Waals surface area contributed by atoms with Gasteiger partial charge in [0.2, 0.25) is 0 Å². The molecule has 88 valence electrons. The van der Waals surface area contributed by atoms with Crippen molar-refractivity contribution in [3.05, 3.63) is 29.6 Å². The molecule has 16 heavy (non-hydrogen) atoms. The molecule has 0 bridgehead atoms. The highest BCUT2D eigenvalue weighted by Crippen LogP contribution is 2.27. The number of hydrogen-bond acceptors (Lipinski definition) is 2. The normalized spacial score (nSPS) is 10.7. The van der Waals surface area contributed by atoms with E-state index in [1.807, 2.05) is 0 Å². The van der Waals surface area contributed by atoms with E-state index in [-0.39, 0.29) is 5.92 Å². The minimum absolute atomic E-state index is 0.280. The number of pyridine rings is 1. The van der Waals surface area contributed by atoms with Gasteiger partial charge in [-0.25, -0.2) is 4.79 Å². The SMILES string of the molecule is CCCC(CCC)c1ncccc1C(=O)O. The maximum atomic E-state index is 11.1. The van der Waals surface area contributed by atoms with E-state index in [0.717, 1.165) is 31.4 Å². The lowest BCUT2D eigenvalue weighted by Gasteiger charge is -2.16. The number of rotatable bonds is 6. The van der Waals surface area contributed by atoms with Crippen LogP contribution in [0.2, 0.25) is 0 Å². The van der Waals surface area contributed by atoms with Crippen LogP contribution in [0.4, 0.5) is 0 Å². The van der Waals surface area contributed by atoms with Crippen molar-refractivity contribution in [2.24, 2.45) is 0 Å². The molecule has 0 aliphatic carbocycles. The van der Waals surface area contributed by atoms with Crippen molar-refractivity contribution in [1.82, 2.24) is 4.98 Å². The van der Waals surface area contributed by atoms with Crippen LogP contribution in [-0.2, 0) is 0 Å². The predicted octanol–water partition coefficient (Wildman–Crippen LogP) is 3.46. The van der Waals surface area contributed by atoms with Crippen molar-refractivity contribution < 1.29 is 9.90 Å². The van der Waals surface area contributed by atoms with Gasteiger partial charge in [-0.2, -0.15) is 0 Å². The molecule has 0 aliphatic heterocycles. The first-order valence-electron chi connectivity index (χ1n) is 5.88. The van der Waals surface area contributed by atoms with Gasteiger partial charge in [0.15, 0.2) is 0 Å². The lowest BCUT2D eigenvalue weighted by Crippen LogP contribution is -2.09. The molecule has 0 aromatic carbocycles. The standard InChI is InChI=1S/C13H19NO2/c1-3-6-10(7-4-2)12-11(13(15)16)8-5-9-14-12/h5,8-10H,3-4,6-7H2,1-2H3,(H,15,16). The molecule has 1 aromatic rings. The Labute approximate surface area is 96.5 Å². The van der Waals surface area contributed by atoms with Crippen LogP contribution in [0.1, 0.15) is 61.5 Å². The fourth-order valence-electron chi connectivity index (χ4n) is 2.04. The molecule has 0 amide bonds. The molecule has 1 aromatic heterocycles. The van der Waals surface area contributed by atoms with E-state index in [9.17, 15) is 4.79 Å². The highest BCUT2D eigenvalue weighted by Gasteiger charge is 2.18. The van der Waals surface area contributed by atoms with Crippen LogP contribution in [0.15, 0.2) is 18.3 Å². The third-order valence-corrected chi connectivity index (χ3v) is 2.73. The van der Waals surface area contributed by atoms with Crippen LogP contribution < -0.4 is 0 Å². The Bertz CT molecular complexity index is 344. The second kappa shape index (κ2) is 6.26. The molecule has 0 saturated carbocycles. The van der Waals surface area contributed by atoms with E-state index in [0.29, 0.717) is 5.56 Å². The average molecular weight is 221 g/mol. The van der Waals surface area contributed by atoms with E-state index < -0.39 is 5.97 Å². The van der Waals surface area contributed by atoms with Gasteiger partial charge in [0, 0.05) is 12.1 Å². The molecule has 1 rings (SSSR count). The summed E-state index contributed by atoms with van der Waals surface area (Å²) in [5.41, 5.74) is 1.10. The Hall–Kier alpha value is -1.38.